The minimum Gasteiger partial charge on any atom is -0.456 e. The second-order valence-electron chi connectivity index (χ2n) is 12.9. The molecule has 0 atom stereocenters. The quantitative estimate of drug-likeness (QED) is 0.175. The van der Waals surface area contributed by atoms with Crippen molar-refractivity contribution in [3.63, 3.8) is 0 Å². The van der Waals surface area contributed by atoms with Crippen LogP contribution in [0.25, 0.3) is 75.5 Å². The van der Waals surface area contributed by atoms with Crippen LogP contribution in [0.3, 0.4) is 0 Å². The number of anilines is 3. The third kappa shape index (κ3) is 5.10. The van der Waals surface area contributed by atoms with E-state index in [9.17, 15) is 0 Å². The van der Waals surface area contributed by atoms with Crippen LogP contribution in [0.1, 0.15) is 0 Å². The van der Waals surface area contributed by atoms with Gasteiger partial charge >= 0.3 is 0 Å². The summed E-state index contributed by atoms with van der Waals surface area (Å²) >= 11 is 1.87. The zero-order chi connectivity index (χ0) is 33.7. The van der Waals surface area contributed by atoms with E-state index in [1.54, 1.807) is 0 Å². The monoisotopic (exact) mass is 669 g/mol. The molecule has 240 valence electrons. The highest BCUT2D eigenvalue weighted by Crippen LogP contribution is 2.46. The molecule has 51 heavy (non-hydrogen) atoms. The Bertz CT molecular complexity index is 2850. The lowest BCUT2D eigenvalue weighted by atomic mass is 9.92. The molecule has 0 aliphatic heterocycles. The molecular weight excluding hydrogens is 639 g/mol. The summed E-state index contributed by atoms with van der Waals surface area (Å²) in [6.45, 7) is 0. The molecule has 2 nitrogen and oxygen atoms in total. The van der Waals surface area contributed by atoms with E-state index in [2.05, 4.69) is 181 Å². The smallest absolute Gasteiger partial charge is 0.137 e. The number of benzene rings is 8. The highest BCUT2D eigenvalue weighted by atomic mass is 32.1. The van der Waals surface area contributed by atoms with E-state index in [0.29, 0.717) is 0 Å². The van der Waals surface area contributed by atoms with Crippen molar-refractivity contribution in [2.45, 2.75) is 0 Å². The molecule has 10 rings (SSSR count). The molecule has 0 saturated heterocycles. The minimum absolute atomic E-state index is 0.871. The van der Waals surface area contributed by atoms with Crippen molar-refractivity contribution < 1.29 is 4.42 Å². The van der Waals surface area contributed by atoms with Crippen LogP contribution in [0.2, 0.25) is 0 Å². The van der Waals surface area contributed by atoms with E-state index in [1.807, 2.05) is 23.5 Å². The maximum atomic E-state index is 6.40. The van der Waals surface area contributed by atoms with E-state index in [-0.39, 0.29) is 0 Å². The number of rotatable bonds is 6. The molecule has 0 N–H and O–H groups in total. The van der Waals surface area contributed by atoms with Gasteiger partial charge in [-0.1, -0.05) is 133 Å². The average Bonchev–Trinajstić information content (AvgIpc) is 3.77. The summed E-state index contributed by atoms with van der Waals surface area (Å²) in [6.07, 6.45) is 0. The fourth-order valence-corrected chi connectivity index (χ4v) is 8.69. The van der Waals surface area contributed by atoms with Crippen molar-refractivity contribution in [3.8, 4) is 33.4 Å². The maximum Gasteiger partial charge on any atom is 0.137 e. The molecule has 0 aliphatic carbocycles. The van der Waals surface area contributed by atoms with Gasteiger partial charge in [-0.25, -0.2) is 0 Å². The van der Waals surface area contributed by atoms with Gasteiger partial charge in [-0.15, -0.1) is 11.3 Å². The van der Waals surface area contributed by atoms with Crippen LogP contribution in [-0.4, -0.2) is 0 Å². The lowest BCUT2D eigenvalue weighted by Crippen LogP contribution is -2.10. The summed E-state index contributed by atoms with van der Waals surface area (Å²) in [4.78, 5) is 2.34. The average molecular weight is 670 g/mol. The molecule has 10 aromatic rings. The van der Waals surface area contributed by atoms with Gasteiger partial charge < -0.3 is 9.32 Å². The van der Waals surface area contributed by atoms with Crippen molar-refractivity contribution in [2.75, 3.05) is 4.90 Å². The number of hydrogen-bond acceptors (Lipinski definition) is 3. The summed E-state index contributed by atoms with van der Waals surface area (Å²) < 4.78 is 9.02. The van der Waals surface area contributed by atoms with Crippen LogP contribution >= 0.6 is 11.3 Å². The molecule has 3 heteroatoms. The molecule has 0 spiro atoms. The van der Waals surface area contributed by atoms with Crippen molar-refractivity contribution in [3.05, 3.63) is 188 Å². The number of furan rings is 1. The van der Waals surface area contributed by atoms with Gasteiger partial charge in [-0.05, 0) is 76.3 Å². The summed E-state index contributed by atoms with van der Waals surface area (Å²) in [5.74, 6) is 0. The van der Waals surface area contributed by atoms with Gasteiger partial charge in [0, 0.05) is 59.6 Å². The van der Waals surface area contributed by atoms with E-state index in [0.717, 1.165) is 39.0 Å². The standard InChI is InChI=1S/C48H31NOS/c1-3-12-32(13-4-1)33-22-24-35(25-23-33)49(37-27-29-40-39-16-7-9-20-45(39)50-46(40)31-37)36-26-28-38(44(30-36)34-14-5-2-6-15-34)42-18-11-19-43-41-17-8-10-21-47(41)51-48(42)43/h1-31H. The molecule has 2 aromatic heterocycles. The van der Waals surface area contributed by atoms with Crippen LogP contribution in [0.4, 0.5) is 17.1 Å². The zero-order valence-electron chi connectivity index (χ0n) is 27.7. The number of nitrogens with zero attached hydrogens (tertiary/aromatic N) is 1. The molecule has 8 aromatic carbocycles. The zero-order valence-corrected chi connectivity index (χ0v) is 28.5. The van der Waals surface area contributed by atoms with Crippen molar-refractivity contribution in [1.82, 2.24) is 0 Å². The molecule has 0 unspecified atom stereocenters. The molecular formula is C48H31NOS. The summed E-state index contributed by atoms with van der Waals surface area (Å²) in [7, 11) is 0. The number of thiophene rings is 1. The van der Waals surface area contributed by atoms with Crippen LogP contribution in [-0.2, 0) is 0 Å². The molecule has 0 amide bonds. The van der Waals surface area contributed by atoms with E-state index >= 15 is 0 Å². The number of para-hydroxylation sites is 1. The van der Waals surface area contributed by atoms with Crippen LogP contribution in [0.5, 0.6) is 0 Å². The predicted molar refractivity (Wildman–Crippen MR) is 218 cm³/mol. The van der Waals surface area contributed by atoms with Gasteiger partial charge in [0.2, 0.25) is 0 Å². The Hall–Kier alpha value is -6.42. The highest BCUT2D eigenvalue weighted by Gasteiger charge is 2.20. The maximum absolute atomic E-state index is 6.40. The van der Waals surface area contributed by atoms with Crippen LogP contribution in [0.15, 0.2) is 192 Å². The largest absolute Gasteiger partial charge is 0.456 e. The lowest BCUT2D eigenvalue weighted by Gasteiger charge is -2.27. The minimum atomic E-state index is 0.871. The first-order valence-corrected chi connectivity index (χ1v) is 18.1. The van der Waals surface area contributed by atoms with E-state index < -0.39 is 0 Å². The van der Waals surface area contributed by atoms with Gasteiger partial charge in [0.25, 0.3) is 0 Å². The van der Waals surface area contributed by atoms with Gasteiger partial charge in [0.1, 0.15) is 11.2 Å². The first-order chi connectivity index (χ1) is 25.3. The molecule has 0 bridgehead atoms. The highest BCUT2D eigenvalue weighted by molar-refractivity contribution is 7.26. The lowest BCUT2D eigenvalue weighted by molar-refractivity contribution is 0.669. The molecule has 0 radical (unpaired) electrons. The fourth-order valence-electron chi connectivity index (χ4n) is 7.46. The van der Waals surface area contributed by atoms with Crippen molar-refractivity contribution in [2.24, 2.45) is 0 Å². The Labute approximate surface area is 300 Å². The SMILES string of the molecule is c1ccc(-c2ccc(N(c3ccc(-c4cccc5c4sc4ccccc45)c(-c4ccccc4)c3)c3ccc4c(c3)oc3ccccc34)cc2)cc1. The van der Waals surface area contributed by atoms with Crippen molar-refractivity contribution in [1.29, 1.82) is 0 Å². The Kier molecular flexibility index (Phi) is 7.04. The van der Waals surface area contributed by atoms with Crippen LogP contribution in [0, 0.1) is 0 Å². The Morgan fingerprint density at radius 2 is 0.961 bits per heavy atom. The van der Waals surface area contributed by atoms with Gasteiger partial charge in [0.05, 0.1) is 0 Å². The normalized spacial score (nSPS) is 11.5. The van der Waals surface area contributed by atoms with E-state index in [4.69, 9.17) is 4.42 Å². The third-order valence-electron chi connectivity index (χ3n) is 9.89. The number of hydrogen-bond donors (Lipinski definition) is 0. The Morgan fingerprint density at radius 3 is 1.78 bits per heavy atom. The second kappa shape index (κ2) is 12.2. The van der Waals surface area contributed by atoms with Crippen molar-refractivity contribution >= 4 is 70.5 Å². The summed E-state index contributed by atoms with van der Waals surface area (Å²) in [5, 5.41) is 4.85. The Balaban J connectivity index is 1.18. The van der Waals surface area contributed by atoms with Crippen LogP contribution < -0.4 is 4.90 Å². The van der Waals surface area contributed by atoms with Gasteiger partial charge in [0.15, 0.2) is 0 Å². The third-order valence-corrected chi connectivity index (χ3v) is 11.1. The van der Waals surface area contributed by atoms with E-state index in [1.165, 1.54) is 53.6 Å². The Morgan fingerprint density at radius 1 is 0.353 bits per heavy atom. The first-order valence-electron chi connectivity index (χ1n) is 17.3. The first kappa shape index (κ1) is 29.5. The topological polar surface area (TPSA) is 16.4 Å². The second-order valence-corrected chi connectivity index (χ2v) is 14.0. The van der Waals surface area contributed by atoms with Gasteiger partial charge in [-0.3, -0.25) is 0 Å². The van der Waals surface area contributed by atoms with Gasteiger partial charge in [-0.2, -0.15) is 0 Å². The molecule has 0 aliphatic rings. The molecule has 0 saturated carbocycles. The predicted octanol–water partition coefficient (Wildman–Crippen LogP) is 14.4. The molecule has 2 heterocycles. The molecule has 0 fully saturated rings. The fraction of sp³-hybridized carbons (Fsp3) is 0. The summed E-state index contributed by atoms with van der Waals surface area (Å²) in [6, 6.07) is 67.4. The number of fused-ring (bicyclic) bond motifs is 6. The summed E-state index contributed by atoms with van der Waals surface area (Å²) in [5.41, 5.74) is 12.2.